The lowest BCUT2D eigenvalue weighted by Crippen LogP contribution is -2.22. The standard InChI is InChI=1S/C18H19N3S/c1-19-17-15-10-6-7-11-16(15)20(2)12-13-8-4-5-9-14(13)18(17)21(3)22/h4-11,22H,1,12H2,2-3H3/b18-17-. The van der Waals surface area contributed by atoms with Gasteiger partial charge in [-0.15, -0.1) is 0 Å². The van der Waals surface area contributed by atoms with Crippen molar-refractivity contribution in [1.82, 2.24) is 4.31 Å². The molecule has 0 aliphatic carbocycles. The van der Waals surface area contributed by atoms with Crippen molar-refractivity contribution in [1.29, 1.82) is 0 Å². The van der Waals surface area contributed by atoms with Crippen molar-refractivity contribution in [2.45, 2.75) is 6.54 Å². The molecule has 1 aliphatic rings. The lowest BCUT2D eigenvalue weighted by molar-refractivity contribution is 0.807. The Balaban J connectivity index is 2.41. The summed E-state index contributed by atoms with van der Waals surface area (Å²) in [6, 6.07) is 16.7. The fraction of sp³-hybridized carbons (Fsp3) is 0.167. The van der Waals surface area contributed by atoms with E-state index in [0.717, 1.165) is 34.8 Å². The molecule has 22 heavy (non-hydrogen) atoms. The lowest BCUT2D eigenvalue weighted by atomic mass is 9.96. The predicted octanol–water partition coefficient (Wildman–Crippen LogP) is 3.94. The van der Waals surface area contributed by atoms with Gasteiger partial charge >= 0.3 is 0 Å². The summed E-state index contributed by atoms with van der Waals surface area (Å²) >= 11 is 4.55. The summed E-state index contributed by atoms with van der Waals surface area (Å²) in [4.78, 5) is 6.58. The molecule has 0 bridgehead atoms. The molecule has 2 aromatic rings. The number of para-hydroxylation sites is 1. The molecular weight excluding hydrogens is 290 g/mol. The summed E-state index contributed by atoms with van der Waals surface area (Å²) in [5, 5.41) is 0. The summed E-state index contributed by atoms with van der Waals surface area (Å²) in [6.45, 7) is 4.64. The number of nitrogens with zero attached hydrogens (tertiary/aromatic N) is 3. The minimum atomic E-state index is 0.836. The number of hydrogen-bond acceptors (Lipinski definition) is 4. The third-order valence-electron chi connectivity index (χ3n) is 3.96. The largest absolute Gasteiger partial charge is 0.370 e. The fourth-order valence-corrected chi connectivity index (χ4v) is 3.18. The van der Waals surface area contributed by atoms with Crippen LogP contribution in [0.3, 0.4) is 0 Å². The van der Waals surface area contributed by atoms with Gasteiger partial charge in [0.05, 0.1) is 11.4 Å². The summed E-state index contributed by atoms with van der Waals surface area (Å²) in [5.74, 6) is 0. The van der Waals surface area contributed by atoms with Crippen molar-refractivity contribution < 1.29 is 0 Å². The lowest BCUT2D eigenvalue weighted by Gasteiger charge is -2.30. The van der Waals surface area contributed by atoms with Gasteiger partial charge in [-0.1, -0.05) is 55.3 Å². The van der Waals surface area contributed by atoms with Crippen LogP contribution in [0, 0.1) is 0 Å². The zero-order valence-electron chi connectivity index (χ0n) is 12.8. The molecule has 0 aromatic heterocycles. The fourth-order valence-electron chi connectivity index (χ4n) is 2.98. The van der Waals surface area contributed by atoms with E-state index in [2.05, 4.69) is 66.8 Å². The van der Waals surface area contributed by atoms with Gasteiger partial charge in [-0.2, -0.15) is 0 Å². The number of rotatable bonds is 2. The number of fused-ring (bicyclic) bond motifs is 2. The average molecular weight is 309 g/mol. The molecular formula is C18H19N3S. The normalized spacial score (nSPS) is 17.1. The van der Waals surface area contributed by atoms with E-state index in [1.54, 1.807) is 0 Å². The number of anilines is 1. The van der Waals surface area contributed by atoms with E-state index in [1.807, 2.05) is 29.6 Å². The molecule has 0 saturated heterocycles. The SMILES string of the molecule is C=N/C1=C(\N(C)S)c2ccccc2CN(C)c2ccccc21. The molecule has 3 nitrogen and oxygen atoms in total. The first kappa shape index (κ1) is 14.7. The number of benzene rings is 2. The van der Waals surface area contributed by atoms with Crippen molar-refractivity contribution in [2.75, 3.05) is 19.0 Å². The molecule has 4 heteroatoms. The molecule has 3 rings (SSSR count). The molecule has 0 unspecified atom stereocenters. The third-order valence-corrected chi connectivity index (χ3v) is 4.16. The topological polar surface area (TPSA) is 18.8 Å². The Kier molecular flexibility index (Phi) is 3.94. The summed E-state index contributed by atoms with van der Waals surface area (Å²) in [5.41, 5.74) is 6.44. The van der Waals surface area contributed by atoms with Gasteiger partial charge in [-0.05, 0) is 18.3 Å². The Hall–Kier alpha value is -2.20. The molecule has 0 amide bonds. The monoisotopic (exact) mass is 309 g/mol. The Bertz CT molecular complexity index is 750. The van der Waals surface area contributed by atoms with Crippen molar-refractivity contribution in [3.63, 3.8) is 0 Å². The molecule has 112 valence electrons. The van der Waals surface area contributed by atoms with Crippen LogP contribution >= 0.6 is 12.8 Å². The van der Waals surface area contributed by atoms with Crippen LogP contribution in [0.4, 0.5) is 5.69 Å². The van der Waals surface area contributed by atoms with Crippen LogP contribution in [0.1, 0.15) is 16.7 Å². The van der Waals surface area contributed by atoms with Crippen molar-refractivity contribution in [3.05, 3.63) is 65.2 Å². The van der Waals surface area contributed by atoms with Gasteiger partial charge in [-0.25, -0.2) is 0 Å². The van der Waals surface area contributed by atoms with E-state index >= 15 is 0 Å². The van der Waals surface area contributed by atoms with Crippen LogP contribution in [-0.4, -0.2) is 25.1 Å². The smallest absolute Gasteiger partial charge is 0.0963 e. The maximum Gasteiger partial charge on any atom is 0.0963 e. The van der Waals surface area contributed by atoms with Crippen molar-refractivity contribution in [2.24, 2.45) is 4.99 Å². The van der Waals surface area contributed by atoms with Crippen LogP contribution in [0.15, 0.2) is 53.5 Å². The summed E-state index contributed by atoms with van der Waals surface area (Å²) in [7, 11) is 4.03. The summed E-state index contributed by atoms with van der Waals surface area (Å²) in [6.07, 6.45) is 0. The Morgan fingerprint density at radius 1 is 1.09 bits per heavy atom. The maximum atomic E-state index is 4.55. The highest BCUT2D eigenvalue weighted by Gasteiger charge is 2.22. The molecule has 1 aliphatic heterocycles. The number of aliphatic imine (C=N–C) groups is 1. The molecule has 1 heterocycles. The molecule has 0 fully saturated rings. The molecule has 0 N–H and O–H groups in total. The van der Waals surface area contributed by atoms with Crippen LogP contribution in [-0.2, 0) is 6.54 Å². The second-order valence-electron chi connectivity index (χ2n) is 5.41. The van der Waals surface area contributed by atoms with Gasteiger partial charge in [0.2, 0.25) is 0 Å². The van der Waals surface area contributed by atoms with Gasteiger partial charge in [0.1, 0.15) is 0 Å². The van der Waals surface area contributed by atoms with Gasteiger partial charge in [0.25, 0.3) is 0 Å². The van der Waals surface area contributed by atoms with Gasteiger partial charge in [-0.3, -0.25) is 4.99 Å². The third kappa shape index (κ3) is 2.40. The second-order valence-corrected chi connectivity index (χ2v) is 6.01. The molecule has 2 aromatic carbocycles. The zero-order chi connectivity index (χ0) is 15.7. The predicted molar refractivity (Wildman–Crippen MR) is 98.1 cm³/mol. The van der Waals surface area contributed by atoms with Crippen molar-refractivity contribution in [3.8, 4) is 0 Å². The first-order chi connectivity index (χ1) is 10.6. The number of hydrogen-bond donors (Lipinski definition) is 1. The maximum absolute atomic E-state index is 4.55. The first-order valence-corrected chi connectivity index (χ1v) is 7.56. The van der Waals surface area contributed by atoms with Crippen LogP contribution < -0.4 is 4.90 Å². The highest BCUT2D eigenvalue weighted by Crippen LogP contribution is 2.39. The van der Waals surface area contributed by atoms with E-state index in [9.17, 15) is 0 Å². The average Bonchev–Trinajstić information content (AvgIpc) is 2.52. The molecule has 0 radical (unpaired) electrons. The Morgan fingerprint density at radius 3 is 2.41 bits per heavy atom. The highest BCUT2D eigenvalue weighted by atomic mass is 32.1. The van der Waals surface area contributed by atoms with E-state index in [0.29, 0.717) is 0 Å². The van der Waals surface area contributed by atoms with Crippen molar-refractivity contribution >= 4 is 36.6 Å². The van der Waals surface area contributed by atoms with E-state index in [1.165, 1.54) is 5.56 Å². The quantitative estimate of drug-likeness (QED) is 0.669. The van der Waals surface area contributed by atoms with Gasteiger partial charge in [0, 0.05) is 37.5 Å². The van der Waals surface area contributed by atoms with Crippen LogP contribution in [0.2, 0.25) is 0 Å². The zero-order valence-corrected chi connectivity index (χ0v) is 13.7. The Labute approximate surface area is 137 Å². The molecule has 0 spiro atoms. The number of thiol groups is 1. The second kappa shape index (κ2) is 5.89. The van der Waals surface area contributed by atoms with Crippen LogP contribution in [0.25, 0.3) is 11.4 Å². The minimum Gasteiger partial charge on any atom is -0.370 e. The van der Waals surface area contributed by atoms with Crippen LogP contribution in [0.5, 0.6) is 0 Å². The first-order valence-electron chi connectivity index (χ1n) is 7.16. The minimum absolute atomic E-state index is 0.836. The van der Waals surface area contributed by atoms with Gasteiger partial charge in [0.15, 0.2) is 0 Å². The van der Waals surface area contributed by atoms with Gasteiger partial charge < -0.3 is 9.21 Å². The van der Waals surface area contributed by atoms with E-state index in [4.69, 9.17) is 0 Å². The molecule has 0 saturated carbocycles. The van der Waals surface area contributed by atoms with E-state index in [-0.39, 0.29) is 0 Å². The highest BCUT2D eigenvalue weighted by molar-refractivity contribution is 7.78. The molecule has 0 atom stereocenters. The summed E-state index contributed by atoms with van der Waals surface area (Å²) < 4.78 is 1.82. The Morgan fingerprint density at radius 2 is 1.73 bits per heavy atom. The van der Waals surface area contributed by atoms with E-state index < -0.39 is 0 Å².